The fourth-order valence-electron chi connectivity index (χ4n) is 1.57. The van der Waals surface area contributed by atoms with Crippen LogP contribution < -0.4 is 0 Å². The van der Waals surface area contributed by atoms with Crippen molar-refractivity contribution >= 4 is 38.9 Å². The molecule has 1 aromatic carbocycles. The molecule has 0 radical (unpaired) electrons. The van der Waals surface area contributed by atoms with Gasteiger partial charge in [0.15, 0.2) is 0 Å². The van der Waals surface area contributed by atoms with Crippen molar-refractivity contribution in [2.24, 2.45) is 0 Å². The molecular formula is C13H10BrNO2. The topological polar surface area (TPSA) is 50.2 Å². The first kappa shape index (κ1) is 11.8. The lowest BCUT2D eigenvalue weighted by Gasteiger charge is -2.04. The second kappa shape index (κ2) is 4.67. The minimum absolute atomic E-state index is 0.291. The van der Waals surface area contributed by atoms with Crippen molar-refractivity contribution in [1.82, 2.24) is 4.98 Å². The van der Waals surface area contributed by atoms with Crippen LogP contribution in [0.5, 0.6) is 0 Å². The van der Waals surface area contributed by atoms with E-state index in [1.54, 1.807) is 19.2 Å². The van der Waals surface area contributed by atoms with Gasteiger partial charge in [0, 0.05) is 27.2 Å². The Morgan fingerprint density at radius 3 is 2.88 bits per heavy atom. The van der Waals surface area contributed by atoms with Gasteiger partial charge in [-0.3, -0.25) is 4.98 Å². The summed E-state index contributed by atoms with van der Waals surface area (Å²) < 4.78 is 0.950. The van der Waals surface area contributed by atoms with Gasteiger partial charge in [-0.05, 0) is 25.1 Å². The number of halogens is 1. The Morgan fingerprint density at radius 1 is 1.41 bits per heavy atom. The molecule has 17 heavy (non-hydrogen) atoms. The smallest absolute Gasteiger partial charge is 0.331 e. The fraction of sp³-hybridized carbons (Fsp3) is 0.0769. The van der Waals surface area contributed by atoms with Crippen LogP contribution in [0.4, 0.5) is 0 Å². The number of hydrogen-bond donors (Lipinski definition) is 1. The number of benzene rings is 1. The van der Waals surface area contributed by atoms with Gasteiger partial charge in [0.2, 0.25) is 0 Å². The Kier molecular flexibility index (Phi) is 3.24. The highest BCUT2D eigenvalue weighted by Gasteiger charge is 2.06. The molecule has 1 aromatic heterocycles. The van der Waals surface area contributed by atoms with Crippen LogP contribution in [-0.4, -0.2) is 16.1 Å². The maximum absolute atomic E-state index is 10.8. The summed E-state index contributed by atoms with van der Waals surface area (Å²) in [6, 6.07) is 7.54. The molecule has 0 saturated carbocycles. The third-order valence-corrected chi connectivity index (χ3v) is 3.15. The van der Waals surface area contributed by atoms with E-state index in [-0.39, 0.29) is 0 Å². The van der Waals surface area contributed by atoms with E-state index in [2.05, 4.69) is 20.9 Å². The van der Waals surface area contributed by atoms with Crippen molar-refractivity contribution in [2.75, 3.05) is 0 Å². The Morgan fingerprint density at radius 2 is 2.18 bits per heavy atom. The Bertz CT molecular complexity index is 620. The van der Waals surface area contributed by atoms with Crippen molar-refractivity contribution in [1.29, 1.82) is 0 Å². The minimum Gasteiger partial charge on any atom is -0.478 e. The van der Waals surface area contributed by atoms with Crippen molar-refractivity contribution in [2.45, 2.75) is 6.92 Å². The van der Waals surface area contributed by atoms with Crippen molar-refractivity contribution in [3.05, 3.63) is 46.1 Å². The summed E-state index contributed by atoms with van der Waals surface area (Å²) >= 11 is 3.45. The van der Waals surface area contributed by atoms with Gasteiger partial charge in [0.25, 0.3) is 0 Å². The number of rotatable bonds is 2. The van der Waals surface area contributed by atoms with E-state index in [1.807, 2.05) is 24.3 Å². The second-order valence-corrected chi connectivity index (χ2v) is 4.52. The zero-order valence-corrected chi connectivity index (χ0v) is 10.7. The summed E-state index contributed by atoms with van der Waals surface area (Å²) in [5.41, 5.74) is 1.89. The molecular weight excluding hydrogens is 282 g/mol. The number of aliphatic carboxylic acids is 1. The van der Waals surface area contributed by atoms with Crippen LogP contribution in [0.3, 0.4) is 0 Å². The summed E-state index contributed by atoms with van der Waals surface area (Å²) in [6.07, 6.45) is 3.33. The number of carboxylic acids is 1. The minimum atomic E-state index is -0.919. The van der Waals surface area contributed by atoms with E-state index in [4.69, 9.17) is 5.11 Å². The predicted octanol–water partition coefficient (Wildman–Crippen LogP) is 3.49. The van der Waals surface area contributed by atoms with Gasteiger partial charge in [-0.25, -0.2) is 4.79 Å². The third kappa shape index (κ3) is 2.36. The number of carboxylic acid groups (broad SMARTS) is 1. The molecule has 1 heterocycles. The molecule has 4 heteroatoms. The van der Waals surface area contributed by atoms with Gasteiger partial charge >= 0.3 is 5.97 Å². The summed E-state index contributed by atoms with van der Waals surface area (Å²) in [6.45, 7) is 1.57. The zero-order chi connectivity index (χ0) is 12.4. The third-order valence-electron chi connectivity index (χ3n) is 2.46. The lowest BCUT2D eigenvalue weighted by molar-refractivity contribution is -0.132. The molecule has 3 nitrogen and oxygen atoms in total. The molecule has 1 N–H and O–H groups in total. The molecule has 0 saturated heterocycles. The highest BCUT2D eigenvalue weighted by molar-refractivity contribution is 9.10. The van der Waals surface area contributed by atoms with Gasteiger partial charge in [-0.1, -0.05) is 28.1 Å². The van der Waals surface area contributed by atoms with Crippen LogP contribution in [0.25, 0.3) is 17.0 Å². The summed E-state index contributed by atoms with van der Waals surface area (Å²) in [5, 5.41) is 9.84. The average Bonchev–Trinajstić information content (AvgIpc) is 2.33. The molecule has 0 fully saturated rings. The molecule has 0 bridgehead atoms. The molecule has 0 unspecified atom stereocenters. The first-order valence-electron chi connectivity index (χ1n) is 5.04. The maximum Gasteiger partial charge on any atom is 0.331 e. The fourth-order valence-corrected chi connectivity index (χ4v) is 2.02. The zero-order valence-electron chi connectivity index (χ0n) is 9.14. The molecule has 0 spiro atoms. The predicted molar refractivity (Wildman–Crippen MR) is 70.7 cm³/mol. The van der Waals surface area contributed by atoms with Gasteiger partial charge in [-0.2, -0.15) is 0 Å². The Hall–Kier alpha value is -1.68. The molecule has 86 valence electrons. The van der Waals surface area contributed by atoms with E-state index in [0.717, 1.165) is 20.9 Å². The highest BCUT2D eigenvalue weighted by Crippen LogP contribution is 2.26. The Labute approximate surface area is 107 Å². The molecule has 0 aliphatic rings. The van der Waals surface area contributed by atoms with Crippen LogP contribution in [0.1, 0.15) is 12.5 Å². The van der Waals surface area contributed by atoms with Crippen LogP contribution in [0, 0.1) is 0 Å². The number of nitrogens with zero attached hydrogens (tertiary/aromatic N) is 1. The lowest BCUT2D eigenvalue weighted by Crippen LogP contribution is -1.96. The molecule has 0 aliphatic heterocycles. The first-order valence-corrected chi connectivity index (χ1v) is 5.83. The largest absolute Gasteiger partial charge is 0.478 e. The van der Waals surface area contributed by atoms with E-state index in [0.29, 0.717) is 5.57 Å². The normalized spacial score (nSPS) is 11.8. The molecule has 2 aromatic rings. The van der Waals surface area contributed by atoms with Crippen molar-refractivity contribution in [3.8, 4) is 0 Å². The van der Waals surface area contributed by atoms with Gasteiger partial charge in [-0.15, -0.1) is 0 Å². The van der Waals surface area contributed by atoms with Crippen molar-refractivity contribution in [3.63, 3.8) is 0 Å². The van der Waals surface area contributed by atoms with E-state index < -0.39 is 5.97 Å². The van der Waals surface area contributed by atoms with Crippen molar-refractivity contribution < 1.29 is 9.90 Å². The number of carbonyl (C=O) groups is 1. The first-order chi connectivity index (χ1) is 8.09. The maximum atomic E-state index is 10.8. The van der Waals surface area contributed by atoms with E-state index >= 15 is 0 Å². The quantitative estimate of drug-likeness (QED) is 0.862. The molecule has 0 amide bonds. The monoisotopic (exact) mass is 291 g/mol. The van der Waals surface area contributed by atoms with Crippen LogP contribution in [0.15, 0.2) is 40.5 Å². The van der Waals surface area contributed by atoms with Crippen LogP contribution >= 0.6 is 15.9 Å². The lowest BCUT2D eigenvalue weighted by atomic mass is 10.1. The second-order valence-electron chi connectivity index (χ2n) is 3.67. The number of aromatic nitrogens is 1. The molecule has 0 aliphatic carbocycles. The average molecular weight is 292 g/mol. The molecule has 2 rings (SSSR count). The van der Waals surface area contributed by atoms with Crippen LogP contribution in [-0.2, 0) is 4.79 Å². The van der Waals surface area contributed by atoms with Gasteiger partial charge in [0.05, 0.1) is 5.52 Å². The highest BCUT2D eigenvalue weighted by atomic mass is 79.9. The SMILES string of the molecule is C/C(=C/c1ccc(Br)c2cccnc12)C(=O)O. The van der Waals surface area contributed by atoms with E-state index in [9.17, 15) is 4.79 Å². The summed E-state index contributed by atoms with van der Waals surface area (Å²) in [4.78, 5) is 15.1. The Balaban J connectivity index is 2.68. The van der Waals surface area contributed by atoms with Gasteiger partial charge < -0.3 is 5.11 Å². The summed E-state index contributed by atoms with van der Waals surface area (Å²) in [7, 11) is 0. The number of pyridine rings is 1. The standard InChI is InChI=1S/C13H10BrNO2/c1-8(13(16)17)7-9-4-5-11(14)10-3-2-6-15-12(9)10/h2-7H,1H3,(H,16,17)/b8-7-. The number of fused-ring (bicyclic) bond motifs is 1. The van der Waals surface area contributed by atoms with Gasteiger partial charge in [0.1, 0.15) is 0 Å². The summed E-state index contributed by atoms with van der Waals surface area (Å²) in [5.74, 6) is -0.919. The molecule has 0 atom stereocenters. The van der Waals surface area contributed by atoms with E-state index in [1.165, 1.54) is 0 Å². The van der Waals surface area contributed by atoms with Crippen LogP contribution in [0.2, 0.25) is 0 Å². The number of hydrogen-bond acceptors (Lipinski definition) is 2.